The molecule has 0 saturated heterocycles. The van der Waals surface area contributed by atoms with Crippen LogP contribution in [-0.4, -0.2) is 42.1 Å². The molecule has 5 rings (SSSR count). The summed E-state index contributed by atoms with van der Waals surface area (Å²) in [5, 5.41) is 2.52. The Hall–Kier alpha value is -4.41. The third-order valence-corrected chi connectivity index (χ3v) is 6.96. The fourth-order valence-electron chi connectivity index (χ4n) is 4.34. The van der Waals surface area contributed by atoms with Crippen molar-refractivity contribution in [3.63, 3.8) is 0 Å². The van der Waals surface area contributed by atoms with E-state index in [4.69, 9.17) is 13.9 Å². The van der Waals surface area contributed by atoms with Crippen molar-refractivity contribution in [2.75, 3.05) is 14.2 Å². The number of nitrogens with zero attached hydrogens (tertiary/aromatic N) is 1. The zero-order valence-electron chi connectivity index (χ0n) is 21.1. The topological polar surface area (TPSA) is 114 Å². The second-order valence-corrected chi connectivity index (χ2v) is 9.65. The molecule has 0 unspecified atom stereocenters. The average Bonchev–Trinajstić information content (AvgIpc) is 3.35. The summed E-state index contributed by atoms with van der Waals surface area (Å²) in [6.07, 6.45) is 2.09. The summed E-state index contributed by atoms with van der Waals surface area (Å²) >= 11 is 3.43. The molecule has 198 valence electrons. The van der Waals surface area contributed by atoms with Crippen molar-refractivity contribution in [1.29, 1.82) is 0 Å². The van der Waals surface area contributed by atoms with E-state index < -0.39 is 23.3 Å². The van der Waals surface area contributed by atoms with Crippen LogP contribution in [0.3, 0.4) is 0 Å². The highest BCUT2D eigenvalue weighted by molar-refractivity contribution is 9.10. The Morgan fingerprint density at radius 3 is 2.59 bits per heavy atom. The lowest BCUT2D eigenvalue weighted by atomic mass is 10.0. The van der Waals surface area contributed by atoms with Gasteiger partial charge in [-0.1, -0.05) is 36.4 Å². The maximum Gasteiger partial charge on any atom is 0.325 e. The molecule has 5 aromatic rings. The normalized spacial score (nSPS) is 12.0. The van der Waals surface area contributed by atoms with Crippen LogP contribution in [0.1, 0.15) is 16.1 Å². The van der Waals surface area contributed by atoms with E-state index in [0.29, 0.717) is 11.5 Å². The van der Waals surface area contributed by atoms with Crippen molar-refractivity contribution in [1.82, 2.24) is 15.4 Å². The van der Waals surface area contributed by atoms with Gasteiger partial charge in [-0.3, -0.25) is 19.8 Å². The first kappa shape index (κ1) is 26.2. The van der Waals surface area contributed by atoms with Gasteiger partial charge in [-0.15, -0.1) is 0 Å². The van der Waals surface area contributed by atoms with Gasteiger partial charge in [0.1, 0.15) is 28.5 Å². The monoisotopic (exact) mass is 589 g/mol. The highest BCUT2D eigenvalue weighted by Gasteiger charge is 2.28. The van der Waals surface area contributed by atoms with E-state index in [2.05, 4.69) is 26.3 Å². The van der Waals surface area contributed by atoms with Crippen LogP contribution in [0.25, 0.3) is 21.9 Å². The Kier molecular flexibility index (Phi) is 7.49. The summed E-state index contributed by atoms with van der Waals surface area (Å²) in [7, 11) is 2.84. The number of hydrogen-bond donors (Lipinski definition) is 2. The maximum atomic E-state index is 13.1. The molecule has 1 atom stereocenters. The number of para-hydroxylation sites is 2. The van der Waals surface area contributed by atoms with Gasteiger partial charge in [0.15, 0.2) is 11.2 Å². The smallest absolute Gasteiger partial charge is 0.325 e. The first-order valence-corrected chi connectivity index (χ1v) is 12.8. The number of aromatic amines is 1. The Labute approximate surface area is 231 Å². The molecule has 3 aromatic carbocycles. The first-order chi connectivity index (χ1) is 18.9. The van der Waals surface area contributed by atoms with Crippen molar-refractivity contribution >= 4 is 49.7 Å². The summed E-state index contributed by atoms with van der Waals surface area (Å²) in [6.45, 7) is 0. The molecule has 0 bridgehead atoms. The number of carbonyl (C=O) groups excluding carboxylic acids is 2. The predicted molar refractivity (Wildman–Crippen MR) is 150 cm³/mol. The molecule has 0 aliphatic heterocycles. The minimum Gasteiger partial charge on any atom is -0.468 e. The van der Waals surface area contributed by atoms with E-state index >= 15 is 0 Å². The molecule has 2 heterocycles. The molecule has 10 heteroatoms. The number of aromatic nitrogens is 1. The quantitative estimate of drug-likeness (QED) is 0.189. The molecule has 9 nitrogen and oxygen atoms in total. The fourth-order valence-corrected chi connectivity index (χ4v) is 4.70. The number of nitrogens with one attached hydrogen (secondary N) is 2. The highest BCUT2D eigenvalue weighted by atomic mass is 79.9. The van der Waals surface area contributed by atoms with E-state index in [1.54, 1.807) is 31.3 Å². The molecule has 0 aliphatic carbocycles. The van der Waals surface area contributed by atoms with Crippen LogP contribution in [0, 0.1) is 0 Å². The largest absolute Gasteiger partial charge is 0.468 e. The Morgan fingerprint density at radius 2 is 1.79 bits per heavy atom. The van der Waals surface area contributed by atoms with Gasteiger partial charge < -0.3 is 18.9 Å². The van der Waals surface area contributed by atoms with Crippen LogP contribution in [0.15, 0.2) is 92.7 Å². The minimum atomic E-state index is -0.838. The molecule has 1 amide bonds. The SMILES string of the molecule is COC(=O)[C@H](Cc1c[nH]c2ccccc12)N(C)NC(=O)c1cc(=O)c2c(Oc3ccccc3Br)cccc2o1. The van der Waals surface area contributed by atoms with Gasteiger partial charge in [-0.25, -0.2) is 5.01 Å². The molecular formula is C29H24BrN3O6. The molecule has 0 aliphatic rings. The number of H-pyrrole nitrogens is 1. The molecule has 0 saturated carbocycles. The van der Waals surface area contributed by atoms with E-state index in [1.165, 1.54) is 12.1 Å². The van der Waals surface area contributed by atoms with Crippen molar-refractivity contribution < 1.29 is 23.5 Å². The number of ether oxygens (including phenoxy) is 2. The molecule has 0 radical (unpaired) electrons. The van der Waals surface area contributed by atoms with Gasteiger partial charge in [0.05, 0.1) is 11.6 Å². The van der Waals surface area contributed by atoms with Crippen molar-refractivity contribution in [3.8, 4) is 11.5 Å². The fraction of sp³-hybridized carbons (Fsp3) is 0.138. The summed E-state index contributed by atoms with van der Waals surface area (Å²) in [5.41, 5.74) is 4.19. The Balaban J connectivity index is 1.39. The summed E-state index contributed by atoms with van der Waals surface area (Å²) in [6, 6.07) is 20.1. The number of rotatable bonds is 8. The van der Waals surface area contributed by atoms with Crippen LogP contribution < -0.4 is 15.6 Å². The first-order valence-electron chi connectivity index (χ1n) is 12.0. The Morgan fingerprint density at radius 1 is 1.05 bits per heavy atom. The predicted octanol–water partition coefficient (Wildman–Crippen LogP) is 5.19. The summed E-state index contributed by atoms with van der Waals surface area (Å²) in [4.78, 5) is 42.0. The number of amides is 1. The van der Waals surface area contributed by atoms with Gasteiger partial charge in [0.25, 0.3) is 0 Å². The molecule has 39 heavy (non-hydrogen) atoms. The lowest BCUT2D eigenvalue weighted by Crippen LogP contribution is -2.50. The number of carbonyl (C=O) groups is 2. The second kappa shape index (κ2) is 11.1. The van der Waals surface area contributed by atoms with Crippen LogP contribution in [0.4, 0.5) is 0 Å². The molecule has 0 fully saturated rings. The van der Waals surface area contributed by atoms with Crippen molar-refractivity contribution in [3.05, 3.63) is 105 Å². The second-order valence-electron chi connectivity index (χ2n) is 8.79. The zero-order chi connectivity index (χ0) is 27.5. The number of halogens is 1. The van der Waals surface area contributed by atoms with Crippen LogP contribution >= 0.6 is 15.9 Å². The van der Waals surface area contributed by atoms with E-state index in [-0.39, 0.29) is 23.2 Å². The minimum absolute atomic E-state index is 0.183. The standard InChI is InChI=1S/C29H24BrN3O6/c1-33(21(29(36)37-2)14-17-16-31-20-10-5-3-8-18(17)20)32-28(35)26-15-22(34)27-24(12-7-13-25(27)39-26)38-23-11-6-4-9-19(23)30/h3-13,15-16,21,31H,14H2,1-2H3,(H,32,35)/t21-/m0/s1. The third kappa shape index (κ3) is 5.43. The van der Waals surface area contributed by atoms with Crippen LogP contribution in [0.2, 0.25) is 0 Å². The molecule has 2 aromatic heterocycles. The van der Waals surface area contributed by atoms with Gasteiger partial charge in [0, 0.05) is 36.6 Å². The molecule has 2 N–H and O–H groups in total. The van der Waals surface area contributed by atoms with Crippen molar-refractivity contribution in [2.45, 2.75) is 12.5 Å². The number of hydrazine groups is 1. The van der Waals surface area contributed by atoms with Crippen LogP contribution in [0.5, 0.6) is 11.5 Å². The number of esters is 1. The number of fused-ring (bicyclic) bond motifs is 2. The van der Waals surface area contributed by atoms with E-state index in [0.717, 1.165) is 27.0 Å². The van der Waals surface area contributed by atoms with E-state index in [9.17, 15) is 14.4 Å². The lowest BCUT2D eigenvalue weighted by Gasteiger charge is -2.26. The number of methoxy groups -OCH3 is 1. The average molecular weight is 590 g/mol. The van der Waals surface area contributed by atoms with E-state index in [1.807, 2.05) is 48.7 Å². The summed E-state index contributed by atoms with van der Waals surface area (Å²) < 4.78 is 17.5. The van der Waals surface area contributed by atoms with Gasteiger partial charge >= 0.3 is 11.9 Å². The zero-order valence-corrected chi connectivity index (χ0v) is 22.7. The third-order valence-electron chi connectivity index (χ3n) is 6.30. The van der Waals surface area contributed by atoms with Crippen LogP contribution in [-0.2, 0) is 16.0 Å². The number of hydrogen-bond acceptors (Lipinski definition) is 7. The van der Waals surface area contributed by atoms with Gasteiger partial charge in [0.2, 0.25) is 0 Å². The summed E-state index contributed by atoms with van der Waals surface area (Å²) in [5.74, 6) is -0.620. The lowest BCUT2D eigenvalue weighted by molar-refractivity contribution is -0.147. The number of benzene rings is 3. The maximum absolute atomic E-state index is 13.1. The van der Waals surface area contributed by atoms with Gasteiger partial charge in [-0.05, 0) is 51.8 Å². The number of likely N-dealkylation sites (N-methyl/N-ethyl adjacent to an activating group) is 1. The van der Waals surface area contributed by atoms with Gasteiger partial charge in [-0.2, -0.15) is 0 Å². The molecular weight excluding hydrogens is 566 g/mol. The Bertz CT molecular complexity index is 1740. The highest BCUT2D eigenvalue weighted by Crippen LogP contribution is 2.32. The molecule has 0 spiro atoms. The van der Waals surface area contributed by atoms with Crippen molar-refractivity contribution in [2.24, 2.45) is 0 Å².